The van der Waals surface area contributed by atoms with Crippen LogP contribution in [0.1, 0.15) is 32.6 Å². The lowest BCUT2D eigenvalue weighted by atomic mass is 10.2. The number of amidine groups is 1. The van der Waals surface area contributed by atoms with Gasteiger partial charge in [0, 0.05) is 48.1 Å². The van der Waals surface area contributed by atoms with Gasteiger partial charge in [-0.25, -0.2) is 9.97 Å². The van der Waals surface area contributed by atoms with E-state index in [4.69, 9.17) is 9.97 Å². The van der Waals surface area contributed by atoms with Crippen molar-refractivity contribution < 1.29 is 4.79 Å². The number of amides is 1. The summed E-state index contributed by atoms with van der Waals surface area (Å²) in [6, 6.07) is 10.2. The summed E-state index contributed by atoms with van der Waals surface area (Å²) in [5.74, 6) is 2.91. The molecule has 5 rings (SSSR count). The minimum atomic E-state index is 0.121. The molecule has 2 aliphatic heterocycles. The molecule has 30 heavy (non-hydrogen) atoms. The van der Waals surface area contributed by atoms with E-state index in [1.54, 1.807) is 0 Å². The summed E-state index contributed by atoms with van der Waals surface area (Å²) in [5, 5.41) is 11.3. The highest BCUT2D eigenvalue weighted by molar-refractivity contribution is 7.99. The van der Waals surface area contributed by atoms with Gasteiger partial charge in [0.15, 0.2) is 5.16 Å². The van der Waals surface area contributed by atoms with E-state index in [2.05, 4.69) is 33.0 Å². The molecule has 3 N–H and O–H groups in total. The smallest absolute Gasteiger partial charge is 0.227 e. The molecule has 3 aliphatic rings. The number of carbonyl (C=O) groups excluding carboxylic acids is 1. The van der Waals surface area contributed by atoms with Crippen molar-refractivity contribution in [3.63, 3.8) is 0 Å². The Morgan fingerprint density at radius 3 is 2.63 bits per heavy atom. The van der Waals surface area contributed by atoms with Gasteiger partial charge in [0.2, 0.25) is 5.91 Å². The second-order valence-corrected chi connectivity index (χ2v) is 9.08. The van der Waals surface area contributed by atoms with Crippen LogP contribution in [0.15, 0.2) is 45.5 Å². The van der Waals surface area contributed by atoms with Crippen LogP contribution in [0.4, 0.5) is 17.3 Å². The summed E-state index contributed by atoms with van der Waals surface area (Å²) < 4.78 is 0. The zero-order chi connectivity index (χ0) is 20.5. The summed E-state index contributed by atoms with van der Waals surface area (Å²) in [6.45, 7) is 4.15. The number of rotatable bonds is 6. The van der Waals surface area contributed by atoms with Crippen LogP contribution in [0.5, 0.6) is 0 Å². The predicted octanol–water partition coefficient (Wildman–Crippen LogP) is 3.29. The van der Waals surface area contributed by atoms with Gasteiger partial charge in [-0.05, 0) is 62.2 Å². The van der Waals surface area contributed by atoms with Crippen molar-refractivity contribution in [2.45, 2.75) is 48.7 Å². The van der Waals surface area contributed by atoms with Crippen molar-refractivity contribution in [2.24, 2.45) is 11.0 Å². The third-order valence-corrected chi connectivity index (χ3v) is 6.22. The highest BCUT2D eigenvalue weighted by Crippen LogP contribution is 2.32. The van der Waals surface area contributed by atoms with Crippen molar-refractivity contribution in [3.8, 4) is 0 Å². The number of carbonyl (C=O) groups is 1. The van der Waals surface area contributed by atoms with Gasteiger partial charge in [-0.1, -0.05) is 0 Å². The minimum Gasteiger partial charge on any atom is -0.356 e. The van der Waals surface area contributed by atoms with E-state index in [-0.39, 0.29) is 11.8 Å². The number of aromatic nitrogens is 2. The van der Waals surface area contributed by atoms with E-state index in [1.807, 2.05) is 30.3 Å². The molecule has 9 heteroatoms. The standard InChI is InChI=1S/C21H25N7OS/c1-13-11-18(27-26-13)23-17-12-19(28-9-2-10-28)25-21(24-17)30-16-7-5-15(6-8-16)22-20(29)14-3-4-14/h5-8,12-14,26H,2-4,9-11H2,1H3,(H,22,29)(H,23,24,25,27). The normalized spacial score (nSPS) is 20.2. The molecule has 8 nitrogen and oxygen atoms in total. The fourth-order valence-electron chi connectivity index (χ4n) is 3.33. The van der Waals surface area contributed by atoms with Crippen molar-refractivity contribution >= 4 is 40.8 Å². The Labute approximate surface area is 179 Å². The van der Waals surface area contributed by atoms with Crippen molar-refractivity contribution in [3.05, 3.63) is 30.3 Å². The Morgan fingerprint density at radius 2 is 2.00 bits per heavy atom. The van der Waals surface area contributed by atoms with Gasteiger partial charge in [-0.2, -0.15) is 5.10 Å². The third kappa shape index (κ3) is 4.51. The summed E-state index contributed by atoms with van der Waals surface area (Å²) in [6.07, 6.45) is 4.04. The maximum absolute atomic E-state index is 11.9. The quantitative estimate of drug-likeness (QED) is 0.614. The SMILES string of the molecule is CC1CC(Nc2cc(N3CCC3)nc(Sc3ccc(NC(=O)C4CC4)cc3)n2)=NN1. The van der Waals surface area contributed by atoms with E-state index in [1.165, 1.54) is 18.2 Å². The van der Waals surface area contributed by atoms with E-state index in [0.29, 0.717) is 11.2 Å². The number of hydrogen-bond donors (Lipinski definition) is 3. The lowest BCUT2D eigenvalue weighted by Crippen LogP contribution is -2.37. The molecule has 1 aliphatic carbocycles. The monoisotopic (exact) mass is 423 g/mol. The largest absolute Gasteiger partial charge is 0.356 e. The number of nitrogens with zero attached hydrogens (tertiary/aromatic N) is 4. The van der Waals surface area contributed by atoms with Crippen molar-refractivity contribution in [2.75, 3.05) is 28.6 Å². The lowest BCUT2D eigenvalue weighted by molar-refractivity contribution is -0.117. The number of nitrogens with one attached hydrogen (secondary N) is 3. The molecule has 1 amide bonds. The summed E-state index contributed by atoms with van der Waals surface area (Å²) >= 11 is 1.52. The highest BCUT2D eigenvalue weighted by Gasteiger charge is 2.29. The maximum Gasteiger partial charge on any atom is 0.227 e. The molecule has 0 radical (unpaired) electrons. The fraction of sp³-hybridized carbons (Fsp3) is 0.429. The molecule has 2 aromatic rings. The average Bonchev–Trinajstić information content (AvgIpc) is 3.45. The average molecular weight is 424 g/mol. The van der Waals surface area contributed by atoms with Crippen molar-refractivity contribution in [1.29, 1.82) is 0 Å². The maximum atomic E-state index is 11.9. The van der Waals surface area contributed by atoms with Crippen LogP contribution in [0, 0.1) is 5.92 Å². The molecule has 1 saturated heterocycles. The molecule has 0 bridgehead atoms. The molecule has 3 heterocycles. The zero-order valence-electron chi connectivity index (χ0n) is 16.9. The van der Waals surface area contributed by atoms with Crippen LogP contribution in [-0.4, -0.2) is 40.8 Å². The molecule has 1 saturated carbocycles. The Hall–Kier alpha value is -2.81. The first kappa shape index (κ1) is 19.2. The molecule has 156 valence electrons. The number of benzene rings is 1. The molecule has 1 unspecified atom stereocenters. The summed E-state index contributed by atoms with van der Waals surface area (Å²) in [4.78, 5) is 24.7. The van der Waals surface area contributed by atoms with Gasteiger partial charge in [-0.15, -0.1) is 0 Å². The Balaban J connectivity index is 1.31. The van der Waals surface area contributed by atoms with Crippen LogP contribution in [0.2, 0.25) is 0 Å². The summed E-state index contributed by atoms with van der Waals surface area (Å²) in [7, 11) is 0. The Kier molecular flexibility index (Phi) is 5.20. The Morgan fingerprint density at radius 1 is 1.20 bits per heavy atom. The van der Waals surface area contributed by atoms with Gasteiger partial charge < -0.3 is 21.0 Å². The number of hydrogen-bond acceptors (Lipinski definition) is 8. The molecule has 1 aromatic carbocycles. The molecular formula is C21H25N7OS. The second kappa shape index (κ2) is 8.14. The number of hydrazone groups is 1. The van der Waals surface area contributed by atoms with Gasteiger partial charge in [0.1, 0.15) is 17.5 Å². The highest BCUT2D eigenvalue weighted by atomic mass is 32.2. The first-order chi connectivity index (χ1) is 14.6. The molecule has 1 atom stereocenters. The second-order valence-electron chi connectivity index (χ2n) is 8.04. The Bertz CT molecular complexity index is 970. The van der Waals surface area contributed by atoms with Gasteiger partial charge in [-0.3, -0.25) is 4.79 Å². The molecular weight excluding hydrogens is 398 g/mol. The van der Waals surface area contributed by atoms with Crippen LogP contribution >= 0.6 is 11.8 Å². The van der Waals surface area contributed by atoms with Gasteiger partial charge in [0.05, 0.1) is 0 Å². The lowest BCUT2D eigenvalue weighted by Gasteiger charge is -2.32. The summed E-state index contributed by atoms with van der Waals surface area (Å²) in [5.41, 5.74) is 3.90. The van der Waals surface area contributed by atoms with Gasteiger partial charge in [0.25, 0.3) is 0 Å². The molecule has 2 fully saturated rings. The van der Waals surface area contributed by atoms with E-state index >= 15 is 0 Å². The minimum absolute atomic E-state index is 0.121. The van der Waals surface area contributed by atoms with Crippen LogP contribution < -0.4 is 21.0 Å². The van der Waals surface area contributed by atoms with E-state index < -0.39 is 0 Å². The molecule has 1 aromatic heterocycles. The fourth-order valence-corrected chi connectivity index (χ4v) is 4.09. The first-order valence-corrected chi connectivity index (χ1v) is 11.3. The van der Waals surface area contributed by atoms with Crippen LogP contribution in [0.25, 0.3) is 0 Å². The van der Waals surface area contributed by atoms with E-state index in [0.717, 1.165) is 60.4 Å². The number of anilines is 3. The van der Waals surface area contributed by atoms with Crippen LogP contribution in [0.3, 0.4) is 0 Å². The van der Waals surface area contributed by atoms with E-state index in [9.17, 15) is 4.79 Å². The first-order valence-electron chi connectivity index (χ1n) is 10.4. The van der Waals surface area contributed by atoms with Crippen molar-refractivity contribution in [1.82, 2.24) is 15.4 Å². The molecule has 0 spiro atoms. The van der Waals surface area contributed by atoms with Crippen LogP contribution in [-0.2, 0) is 4.79 Å². The third-order valence-electron chi connectivity index (χ3n) is 5.34. The van der Waals surface area contributed by atoms with Gasteiger partial charge >= 0.3 is 0 Å². The predicted molar refractivity (Wildman–Crippen MR) is 119 cm³/mol. The topological polar surface area (TPSA) is 94.5 Å². The zero-order valence-corrected chi connectivity index (χ0v) is 17.7.